The number of ether oxygens (including phenoxy) is 3. The van der Waals surface area contributed by atoms with E-state index < -0.39 is 5.41 Å². The van der Waals surface area contributed by atoms with Gasteiger partial charge in [0, 0.05) is 53.9 Å². The summed E-state index contributed by atoms with van der Waals surface area (Å²) < 4.78 is 17.2. The summed E-state index contributed by atoms with van der Waals surface area (Å²) in [5, 5.41) is 13.4. The van der Waals surface area contributed by atoms with Crippen molar-refractivity contribution in [3.8, 4) is 23.0 Å². The highest BCUT2D eigenvalue weighted by Crippen LogP contribution is 2.47. The van der Waals surface area contributed by atoms with Crippen LogP contribution >= 0.6 is 0 Å². The lowest BCUT2D eigenvalue weighted by Crippen LogP contribution is -2.45. The zero-order valence-corrected chi connectivity index (χ0v) is 30.3. The first-order valence-electron chi connectivity index (χ1n) is 18.3. The largest absolute Gasteiger partial charge is 0.507 e. The van der Waals surface area contributed by atoms with Gasteiger partial charge in [-0.05, 0) is 73.1 Å². The highest BCUT2D eigenvalue weighted by atomic mass is 16.5. The number of imide groups is 1. The van der Waals surface area contributed by atoms with Gasteiger partial charge in [-0.2, -0.15) is 0 Å². The highest BCUT2D eigenvalue weighted by Gasteiger charge is 2.52. The Hall–Kier alpha value is -5.55. The molecule has 3 amide bonds. The van der Waals surface area contributed by atoms with Gasteiger partial charge in [0.25, 0.3) is 5.91 Å². The lowest BCUT2D eigenvalue weighted by molar-refractivity contribution is -0.143. The average molecular weight is 717 g/mol. The normalized spacial score (nSPS) is 18.4. The first kappa shape index (κ1) is 34.5. The second kappa shape index (κ2) is 13.8. The van der Waals surface area contributed by atoms with Crippen LogP contribution in [0.1, 0.15) is 60.1 Å². The number of anilines is 1. The van der Waals surface area contributed by atoms with Crippen molar-refractivity contribution in [3.63, 3.8) is 0 Å². The summed E-state index contributed by atoms with van der Waals surface area (Å²) in [5.74, 6) is 1.85. The maximum Gasteiger partial charge on any atom is 0.274 e. The number of carbonyl (C=O) groups is 3. The molecule has 2 saturated heterocycles. The number of H-pyrrole nitrogens is 1. The fraction of sp³-hybridized carbons (Fsp3) is 0.357. The lowest BCUT2D eigenvalue weighted by atomic mass is 9.77. The van der Waals surface area contributed by atoms with Gasteiger partial charge in [-0.3, -0.25) is 24.2 Å². The van der Waals surface area contributed by atoms with Crippen molar-refractivity contribution >= 4 is 45.1 Å². The van der Waals surface area contributed by atoms with E-state index in [0.717, 1.165) is 50.7 Å². The summed E-state index contributed by atoms with van der Waals surface area (Å²) in [7, 11) is 3.20. The fourth-order valence-corrected chi connectivity index (χ4v) is 8.44. The summed E-state index contributed by atoms with van der Waals surface area (Å²) in [4.78, 5) is 49.3. The van der Waals surface area contributed by atoms with E-state index in [-0.39, 0.29) is 42.4 Å². The zero-order chi connectivity index (χ0) is 36.9. The van der Waals surface area contributed by atoms with Crippen LogP contribution < -0.4 is 19.1 Å². The average Bonchev–Trinajstić information content (AvgIpc) is 3.84. The van der Waals surface area contributed by atoms with Crippen molar-refractivity contribution in [1.82, 2.24) is 14.8 Å². The van der Waals surface area contributed by atoms with Crippen LogP contribution in [-0.2, 0) is 16.1 Å². The van der Waals surface area contributed by atoms with E-state index in [9.17, 15) is 19.5 Å². The molecule has 3 aliphatic rings. The van der Waals surface area contributed by atoms with E-state index in [1.807, 2.05) is 66.7 Å². The molecular formula is C42H44N4O7. The predicted octanol–water partition coefficient (Wildman–Crippen LogP) is 6.62. The second-order valence-corrected chi connectivity index (χ2v) is 14.4. The third-order valence-corrected chi connectivity index (χ3v) is 11.5. The number of nitrogens with one attached hydrogen (secondary N) is 1. The molecular weight excluding hydrogens is 672 g/mol. The molecule has 4 aromatic carbocycles. The van der Waals surface area contributed by atoms with E-state index in [1.165, 1.54) is 4.90 Å². The number of aromatic hydroxyl groups is 1. The molecule has 274 valence electrons. The molecule has 1 spiro atoms. The van der Waals surface area contributed by atoms with Gasteiger partial charge in [0.1, 0.15) is 23.8 Å². The summed E-state index contributed by atoms with van der Waals surface area (Å²) in [5.41, 5.74) is 3.30. The van der Waals surface area contributed by atoms with Crippen LogP contribution in [0.4, 0.5) is 5.69 Å². The number of hydrogen-bond donors (Lipinski definition) is 2. The van der Waals surface area contributed by atoms with Crippen LogP contribution in [0.2, 0.25) is 0 Å². The van der Waals surface area contributed by atoms with Crippen LogP contribution in [0, 0.1) is 5.41 Å². The van der Waals surface area contributed by atoms with Crippen LogP contribution in [0.15, 0.2) is 72.8 Å². The van der Waals surface area contributed by atoms with Gasteiger partial charge in [-0.25, -0.2) is 0 Å². The second-order valence-electron chi connectivity index (χ2n) is 14.4. The predicted molar refractivity (Wildman–Crippen MR) is 202 cm³/mol. The summed E-state index contributed by atoms with van der Waals surface area (Å²) >= 11 is 0. The van der Waals surface area contributed by atoms with Crippen molar-refractivity contribution in [2.45, 2.75) is 45.1 Å². The number of amides is 3. The van der Waals surface area contributed by atoms with Crippen molar-refractivity contribution in [2.24, 2.45) is 5.41 Å². The fourth-order valence-electron chi connectivity index (χ4n) is 8.44. The molecule has 0 unspecified atom stereocenters. The van der Waals surface area contributed by atoms with E-state index in [4.69, 9.17) is 14.2 Å². The van der Waals surface area contributed by atoms with E-state index in [1.54, 1.807) is 25.2 Å². The van der Waals surface area contributed by atoms with Gasteiger partial charge < -0.3 is 29.2 Å². The van der Waals surface area contributed by atoms with Crippen molar-refractivity contribution < 1.29 is 33.7 Å². The Kier molecular flexibility index (Phi) is 8.98. The Morgan fingerprint density at radius 2 is 1.70 bits per heavy atom. The lowest BCUT2D eigenvalue weighted by Gasteiger charge is -2.37. The minimum Gasteiger partial charge on any atom is -0.507 e. The molecule has 11 heteroatoms. The SMILES string of the molecule is CC[C@@H]1CN(C(=O)c2cc3cc(OCCN4CCC5(CC4)CC(=O)N(Cc4ccc(OC)cc4)C5=O)c(OC)cc3[nH]2)c2cc(O)c3ccccc3c21. The third-order valence-electron chi connectivity index (χ3n) is 11.5. The van der Waals surface area contributed by atoms with Crippen LogP contribution in [0.3, 0.4) is 0 Å². The first-order chi connectivity index (χ1) is 25.7. The summed E-state index contributed by atoms with van der Waals surface area (Å²) in [6.45, 7) is 5.39. The van der Waals surface area contributed by atoms with Gasteiger partial charge in [0.2, 0.25) is 11.8 Å². The molecule has 0 saturated carbocycles. The number of piperidine rings is 1. The Morgan fingerprint density at radius 3 is 2.42 bits per heavy atom. The molecule has 0 aliphatic carbocycles. The number of rotatable bonds is 10. The minimum atomic E-state index is -0.638. The maximum atomic E-state index is 14.0. The number of phenols is 1. The number of benzene rings is 4. The molecule has 5 aromatic rings. The minimum absolute atomic E-state index is 0.0672. The van der Waals surface area contributed by atoms with Crippen LogP contribution in [-0.4, -0.2) is 84.6 Å². The molecule has 0 radical (unpaired) electrons. The number of hydrogen-bond acceptors (Lipinski definition) is 8. The molecule has 53 heavy (non-hydrogen) atoms. The summed E-state index contributed by atoms with van der Waals surface area (Å²) in [6, 6.07) is 22.5. The highest BCUT2D eigenvalue weighted by molar-refractivity contribution is 6.11. The molecule has 1 atom stereocenters. The number of aromatic amines is 1. The van der Waals surface area contributed by atoms with E-state index >= 15 is 0 Å². The molecule has 8 rings (SSSR count). The smallest absolute Gasteiger partial charge is 0.274 e. The molecule has 11 nitrogen and oxygen atoms in total. The Bertz CT molecular complexity index is 2220. The van der Waals surface area contributed by atoms with Gasteiger partial charge in [0.15, 0.2) is 11.5 Å². The first-order valence-corrected chi connectivity index (χ1v) is 18.3. The summed E-state index contributed by atoms with van der Waals surface area (Å²) in [6.07, 6.45) is 2.38. The number of aromatic nitrogens is 1. The maximum absolute atomic E-state index is 14.0. The Labute approximate surface area is 308 Å². The van der Waals surface area contributed by atoms with Gasteiger partial charge in [-0.15, -0.1) is 0 Å². The Balaban J connectivity index is 0.911. The number of phenolic OH excluding ortho intramolecular Hbond substituents is 1. The van der Waals surface area contributed by atoms with Crippen LogP contribution in [0.25, 0.3) is 21.7 Å². The standard InChI is InChI=1S/C42H44N4O7/c1-4-27-25-45(34-22-35(47)30-7-5-6-8-31(30)39(27)34)40(49)33-19-28-20-37(36(52-3)21-32(28)43-33)53-18-17-44-15-13-42(14-16-44)23-38(48)46(41(42)50)24-26-9-11-29(51-2)12-10-26/h5-12,19-22,27,43,47H,4,13-18,23-25H2,1-3H3/t27-/m1/s1. The van der Waals surface area contributed by atoms with Gasteiger partial charge in [0.05, 0.1) is 31.9 Å². The molecule has 0 bridgehead atoms. The number of fused-ring (bicyclic) bond motifs is 4. The zero-order valence-electron chi connectivity index (χ0n) is 30.3. The Morgan fingerprint density at radius 1 is 0.943 bits per heavy atom. The molecule has 2 fully saturated rings. The number of carbonyl (C=O) groups excluding carboxylic acids is 3. The van der Waals surface area contributed by atoms with Gasteiger partial charge in [-0.1, -0.05) is 43.3 Å². The number of methoxy groups -OCH3 is 2. The molecule has 3 aliphatic heterocycles. The topological polar surface area (TPSA) is 125 Å². The van der Waals surface area contributed by atoms with Gasteiger partial charge >= 0.3 is 0 Å². The molecule has 2 N–H and O–H groups in total. The third kappa shape index (κ3) is 6.12. The van der Waals surface area contributed by atoms with Crippen molar-refractivity contribution in [2.75, 3.05) is 51.9 Å². The number of nitrogens with zero attached hydrogens (tertiary/aromatic N) is 3. The molecule has 4 heterocycles. The van der Waals surface area contributed by atoms with Crippen molar-refractivity contribution in [3.05, 3.63) is 89.6 Å². The quantitative estimate of drug-likeness (QED) is 0.155. The van der Waals surface area contributed by atoms with Crippen molar-refractivity contribution in [1.29, 1.82) is 0 Å². The monoisotopic (exact) mass is 716 g/mol. The number of likely N-dealkylation sites (tertiary alicyclic amines) is 2. The molecule has 1 aromatic heterocycles. The van der Waals surface area contributed by atoms with Crippen LogP contribution in [0.5, 0.6) is 23.0 Å². The van der Waals surface area contributed by atoms with E-state index in [0.29, 0.717) is 62.8 Å². The van der Waals surface area contributed by atoms with E-state index in [2.05, 4.69) is 16.8 Å².